The maximum atomic E-state index is 12.7. The van der Waals surface area contributed by atoms with E-state index in [1.54, 1.807) is 0 Å². The van der Waals surface area contributed by atoms with Gasteiger partial charge in [0.25, 0.3) is 0 Å². The third kappa shape index (κ3) is 2.22. The third-order valence-electron chi connectivity index (χ3n) is 8.93. The molecule has 5 rings (SSSR count). The van der Waals surface area contributed by atoms with Crippen LogP contribution in [0.15, 0.2) is 0 Å². The standard InChI is InChI=1S/C24H30O5/c1-12-14-11-28-21(27)18(14)19(26)13-10-16-23(4)8-7-17(25)22(2,3)15(23)6-9-24(16,5)29-20(12)13/h15-16,26H,6-11H2,1-5H3. The summed E-state index contributed by atoms with van der Waals surface area (Å²) in [6.45, 7) is 10.9. The Morgan fingerprint density at radius 1 is 1.03 bits per heavy atom. The quantitative estimate of drug-likeness (QED) is 0.652. The van der Waals surface area contributed by atoms with E-state index in [9.17, 15) is 14.7 Å². The van der Waals surface area contributed by atoms with Crippen LogP contribution in [0.3, 0.4) is 0 Å². The molecule has 5 heteroatoms. The first-order valence-corrected chi connectivity index (χ1v) is 10.8. The van der Waals surface area contributed by atoms with Crippen molar-refractivity contribution in [1.29, 1.82) is 0 Å². The first kappa shape index (κ1) is 19.0. The van der Waals surface area contributed by atoms with Crippen molar-refractivity contribution in [3.05, 3.63) is 22.3 Å². The molecule has 0 radical (unpaired) electrons. The summed E-state index contributed by atoms with van der Waals surface area (Å²) in [5.74, 6) is 1.14. The van der Waals surface area contributed by atoms with Crippen LogP contribution in [0, 0.1) is 29.6 Å². The summed E-state index contributed by atoms with van der Waals surface area (Å²) in [6.07, 6.45) is 3.97. The van der Waals surface area contributed by atoms with Gasteiger partial charge in [-0.1, -0.05) is 20.8 Å². The summed E-state index contributed by atoms with van der Waals surface area (Å²) in [5.41, 5.74) is 1.96. The number of benzene rings is 1. The third-order valence-corrected chi connectivity index (χ3v) is 8.93. The molecule has 0 saturated heterocycles. The smallest absolute Gasteiger partial charge is 0.342 e. The number of cyclic esters (lactones) is 1. The molecule has 156 valence electrons. The molecule has 1 aromatic rings. The van der Waals surface area contributed by atoms with Gasteiger partial charge < -0.3 is 14.6 Å². The topological polar surface area (TPSA) is 72.8 Å². The van der Waals surface area contributed by atoms with Gasteiger partial charge in [-0.05, 0) is 56.4 Å². The van der Waals surface area contributed by atoms with Gasteiger partial charge in [-0.15, -0.1) is 0 Å². The van der Waals surface area contributed by atoms with E-state index in [4.69, 9.17) is 9.47 Å². The van der Waals surface area contributed by atoms with E-state index in [1.165, 1.54) is 0 Å². The highest BCUT2D eigenvalue weighted by Gasteiger charge is 2.63. The van der Waals surface area contributed by atoms with Crippen LogP contribution < -0.4 is 4.74 Å². The summed E-state index contributed by atoms with van der Waals surface area (Å²) >= 11 is 0. The number of rotatable bonds is 0. The highest BCUT2D eigenvalue weighted by Crippen LogP contribution is 2.64. The van der Waals surface area contributed by atoms with Gasteiger partial charge in [-0.3, -0.25) is 4.79 Å². The van der Waals surface area contributed by atoms with Crippen LogP contribution in [0.5, 0.6) is 11.5 Å². The van der Waals surface area contributed by atoms with Crippen LogP contribution in [0.4, 0.5) is 0 Å². The Balaban J connectivity index is 1.65. The van der Waals surface area contributed by atoms with Crippen LogP contribution in [0.25, 0.3) is 0 Å². The fraction of sp³-hybridized carbons (Fsp3) is 0.667. The molecule has 0 amide bonds. The predicted octanol–water partition coefficient (Wildman–Crippen LogP) is 4.49. The lowest BCUT2D eigenvalue weighted by molar-refractivity contribution is -0.173. The zero-order chi connectivity index (χ0) is 20.9. The molecule has 2 saturated carbocycles. The first-order valence-electron chi connectivity index (χ1n) is 10.8. The van der Waals surface area contributed by atoms with Gasteiger partial charge >= 0.3 is 5.97 Å². The number of aromatic hydroxyl groups is 1. The second-order valence-electron chi connectivity index (χ2n) is 10.6. The zero-order valence-electron chi connectivity index (χ0n) is 18.0. The average Bonchev–Trinajstić information content (AvgIpc) is 3.04. The molecule has 0 spiro atoms. The summed E-state index contributed by atoms with van der Waals surface area (Å²) in [6, 6.07) is 0. The van der Waals surface area contributed by atoms with Crippen molar-refractivity contribution >= 4 is 11.8 Å². The Labute approximate surface area is 171 Å². The number of Topliss-reactive ketones (excluding diaryl/α,β-unsaturated/α-hetero) is 1. The minimum atomic E-state index is -0.450. The number of esters is 1. The lowest BCUT2D eigenvalue weighted by atomic mass is 9.44. The molecule has 4 atom stereocenters. The van der Waals surface area contributed by atoms with Gasteiger partial charge in [-0.25, -0.2) is 4.79 Å². The predicted molar refractivity (Wildman–Crippen MR) is 107 cm³/mol. The Morgan fingerprint density at radius 3 is 2.48 bits per heavy atom. The van der Waals surface area contributed by atoms with Crippen LogP contribution in [0.1, 0.15) is 80.4 Å². The average molecular weight is 398 g/mol. The number of hydrogen-bond donors (Lipinski definition) is 1. The van der Waals surface area contributed by atoms with Crippen LogP contribution in [0.2, 0.25) is 0 Å². The summed E-state index contributed by atoms with van der Waals surface area (Å²) in [5, 5.41) is 11.0. The number of phenolic OH excluding ortho intramolecular Hbond substituents is 1. The molecule has 0 aromatic heterocycles. The largest absolute Gasteiger partial charge is 0.507 e. The number of carbonyl (C=O) groups excluding carboxylic acids is 2. The Morgan fingerprint density at radius 2 is 1.76 bits per heavy atom. The SMILES string of the molecule is Cc1c2c(c(O)c3c1OC1(C)CCC4C(C)(C)C(=O)CCC4(C)C1C3)C(=O)OC2. The van der Waals surface area contributed by atoms with Gasteiger partial charge in [0.15, 0.2) is 0 Å². The van der Waals surface area contributed by atoms with E-state index >= 15 is 0 Å². The van der Waals surface area contributed by atoms with Gasteiger partial charge in [-0.2, -0.15) is 0 Å². The minimum absolute atomic E-state index is 0.0296. The number of fused-ring (bicyclic) bond motifs is 5. The van der Waals surface area contributed by atoms with E-state index in [0.717, 1.165) is 41.7 Å². The maximum absolute atomic E-state index is 12.7. The summed E-state index contributed by atoms with van der Waals surface area (Å²) in [4.78, 5) is 24.9. The molecule has 2 aliphatic carbocycles. The second-order valence-corrected chi connectivity index (χ2v) is 10.6. The normalized spacial score (nSPS) is 37.0. The molecule has 1 N–H and O–H groups in total. The highest BCUT2D eigenvalue weighted by molar-refractivity contribution is 5.98. The van der Waals surface area contributed by atoms with Crippen molar-refractivity contribution < 1.29 is 24.2 Å². The number of ketones is 1. The van der Waals surface area contributed by atoms with Crippen molar-refractivity contribution in [2.24, 2.45) is 22.7 Å². The molecule has 1 aromatic carbocycles. The molecular formula is C24H30O5. The van der Waals surface area contributed by atoms with Crippen LogP contribution >= 0.6 is 0 Å². The molecule has 2 fully saturated rings. The van der Waals surface area contributed by atoms with E-state index in [0.29, 0.717) is 30.1 Å². The van der Waals surface area contributed by atoms with E-state index in [1.807, 2.05) is 6.92 Å². The fourth-order valence-electron chi connectivity index (χ4n) is 7.21. The van der Waals surface area contributed by atoms with Gasteiger partial charge in [0.05, 0.1) is 0 Å². The number of phenols is 1. The van der Waals surface area contributed by atoms with Crippen molar-refractivity contribution in [2.75, 3.05) is 0 Å². The summed E-state index contributed by atoms with van der Waals surface area (Å²) in [7, 11) is 0. The first-order chi connectivity index (χ1) is 13.5. The Kier molecular flexibility index (Phi) is 3.63. The van der Waals surface area contributed by atoms with Gasteiger partial charge in [0.2, 0.25) is 0 Å². The molecule has 29 heavy (non-hydrogen) atoms. The van der Waals surface area contributed by atoms with E-state index in [2.05, 4.69) is 27.7 Å². The lowest BCUT2D eigenvalue weighted by Crippen LogP contribution is -2.63. The Hall–Kier alpha value is -2.04. The monoisotopic (exact) mass is 398 g/mol. The highest BCUT2D eigenvalue weighted by atomic mass is 16.5. The lowest BCUT2D eigenvalue weighted by Gasteiger charge is -2.62. The fourth-order valence-corrected chi connectivity index (χ4v) is 7.21. The maximum Gasteiger partial charge on any atom is 0.342 e. The molecule has 5 nitrogen and oxygen atoms in total. The molecule has 4 unspecified atom stereocenters. The minimum Gasteiger partial charge on any atom is -0.507 e. The Bertz CT molecular complexity index is 961. The summed E-state index contributed by atoms with van der Waals surface area (Å²) < 4.78 is 11.9. The van der Waals surface area contributed by atoms with Crippen molar-refractivity contribution in [2.45, 2.75) is 78.9 Å². The van der Waals surface area contributed by atoms with Gasteiger partial charge in [0, 0.05) is 28.9 Å². The van der Waals surface area contributed by atoms with E-state index in [-0.39, 0.29) is 34.7 Å². The van der Waals surface area contributed by atoms with Crippen LogP contribution in [-0.4, -0.2) is 22.5 Å². The molecule has 0 bridgehead atoms. The van der Waals surface area contributed by atoms with Crippen molar-refractivity contribution in [3.63, 3.8) is 0 Å². The second kappa shape index (κ2) is 5.55. The van der Waals surface area contributed by atoms with Gasteiger partial charge in [0.1, 0.15) is 35.1 Å². The molecular weight excluding hydrogens is 368 g/mol. The number of ether oxygens (including phenoxy) is 2. The zero-order valence-corrected chi connectivity index (χ0v) is 18.0. The van der Waals surface area contributed by atoms with Crippen LogP contribution in [-0.2, 0) is 22.6 Å². The van der Waals surface area contributed by atoms with Crippen molar-refractivity contribution in [3.8, 4) is 11.5 Å². The molecule has 4 aliphatic rings. The number of carbonyl (C=O) groups is 2. The van der Waals surface area contributed by atoms with Crippen molar-refractivity contribution in [1.82, 2.24) is 0 Å². The number of hydrogen-bond acceptors (Lipinski definition) is 5. The molecule has 2 aliphatic heterocycles. The molecule has 2 heterocycles. The van der Waals surface area contributed by atoms with E-state index < -0.39 is 5.97 Å².